The van der Waals surface area contributed by atoms with Gasteiger partial charge in [-0.25, -0.2) is 0 Å². The summed E-state index contributed by atoms with van der Waals surface area (Å²) in [6, 6.07) is 7.18. The summed E-state index contributed by atoms with van der Waals surface area (Å²) in [5.41, 5.74) is 2.71. The summed E-state index contributed by atoms with van der Waals surface area (Å²) in [5.74, 6) is 0.808. The maximum Gasteiger partial charge on any atom is 0.190 e. The average molecular weight is 240 g/mol. The normalized spacial score (nSPS) is 27.0. The molecule has 2 aliphatic carbocycles. The molecule has 0 heterocycles. The number of benzene rings is 1. The molecule has 2 atom stereocenters. The highest BCUT2D eigenvalue weighted by Crippen LogP contribution is 2.40. The number of hydrogen-bond acceptors (Lipinski definition) is 2. The quantitative estimate of drug-likeness (QED) is 0.696. The standard InChI is InChI=1S/C16H16O2/c1-9-7-8-13-14(10(9)2)16(18)12-6-4-3-5-11(12)15(13)17/h3-6,9-10H,7-8H2,1-2H3. The van der Waals surface area contributed by atoms with E-state index in [1.165, 1.54) is 0 Å². The van der Waals surface area contributed by atoms with Crippen molar-refractivity contribution in [2.24, 2.45) is 11.8 Å². The third-order valence-electron chi connectivity index (χ3n) is 4.42. The second kappa shape index (κ2) is 3.91. The number of carbonyl (C=O) groups is 2. The Bertz CT molecular complexity index is 581. The summed E-state index contributed by atoms with van der Waals surface area (Å²) >= 11 is 0. The molecule has 0 spiro atoms. The van der Waals surface area contributed by atoms with E-state index < -0.39 is 0 Å². The van der Waals surface area contributed by atoms with Gasteiger partial charge in [-0.2, -0.15) is 0 Å². The lowest BCUT2D eigenvalue weighted by Gasteiger charge is -2.33. The van der Waals surface area contributed by atoms with Gasteiger partial charge in [0, 0.05) is 22.3 Å². The predicted molar refractivity (Wildman–Crippen MR) is 69.7 cm³/mol. The molecular weight excluding hydrogens is 224 g/mol. The van der Waals surface area contributed by atoms with Crippen molar-refractivity contribution in [2.45, 2.75) is 26.7 Å². The van der Waals surface area contributed by atoms with Crippen LogP contribution in [0.2, 0.25) is 0 Å². The number of ketones is 2. The minimum atomic E-state index is 0.0685. The van der Waals surface area contributed by atoms with Gasteiger partial charge in [0.15, 0.2) is 11.6 Å². The van der Waals surface area contributed by atoms with Gasteiger partial charge < -0.3 is 0 Å². The molecule has 3 rings (SSSR count). The smallest absolute Gasteiger partial charge is 0.190 e. The molecule has 0 saturated carbocycles. The van der Waals surface area contributed by atoms with Gasteiger partial charge in [-0.3, -0.25) is 9.59 Å². The van der Waals surface area contributed by atoms with E-state index in [-0.39, 0.29) is 17.5 Å². The first-order valence-corrected chi connectivity index (χ1v) is 6.52. The largest absolute Gasteiger partial charge is 0.289 e. The Balaban J connectivity index is 2.21. The molecule has 1 aromatic carbocycles. The Hall–Kier alpha value is -1.70. The molecule has 0 radical (unpaired) electrons. The summed E-state index contributed by atoms with van der Waals surface area (Å²) in [6.07, 6.45) is 1.75. The lowest BCUT2D eigenvalue weighted by molar-refractivity contribution is 0.0948. The summed E-state index contributed by atoms with van der Waals surface area (Å²) in [6.45, 7) is 4.23. The molecule has 18 heavy (non-hydrogen) atoms. The zero-order chi connectivity index (χ0) is 12.9. The molecule has 2 aliphatic rings. The minimum Gasteiger partial charge on any atom is -0.289 e. The first-order chi connectivity index (χ1) is 8.61. The van der Waals surface area contributed by atoms with Crippen molar-refractivity contribution in [3.8, 4) is 0 Å². The molecule has 0 aliphatic heterocycles. The van der Waals surface area contributed by atoms with Crippen LogP contribution in [0.25, 0.3) is 0 Å². The monoisotopic (exact) mass is 240 g/mol. The molecular formula is C16H16O2. The number of allylic oxidation sites excluding steroid dienone is 2. The van der Waals surface area contributed by atoms with Crippen LogP contribution in [-0.4, -0.2) is 11.6 Å². The number of rotatable bonds is 0. The van der Waals surface area contributed by atoms with Crippen LogP contribution < -0.4 is 0 Å². The summed E-state index contributed by atoms with van der Waals surface area (Å²) in [5, 5.41) is 0. The van der Waals surface area contributed by atoms with Gasteiger partial charge in [0.1, 0.15) is 0 Å². The van der Waals surface area contributed by atoms with E-state index >= 15 is 0 Å². The Morgan fingerprint density at radius 1 is 1.00 bits per heavy atom. The van der Waals surface area contributed by atoms with Gasteiger partial charge in [0.25, 0.3) is 0 Å². The Morgan fingerprint density at radius 3 is 2.28 bits per heavy atom. The first-order valence-electron chi connectivity index (χ1n) is 6.52. The Labute approximate surface area is 107 Å². The first kappa shape index (κ1) is 11.4. The van der Waals surface area contributed by atoms with E-state index in [1.807, 2.05) is 12.1 Å². The van der Waals surface area contributed by atoms with Crippen LogP contribution in [-0.2, 0) is 0 Å². The van der Waals surface area contributed by atoms with Crippen LogP contribution in [0.1, 0.15) is 47.4 Å². The van der Waals surface area contributed by atoms with E-state index in [1.54, 1.807) is 12.1 Å². The summed E-state index contributed by atoms with van der Waals surface area (Å²) in [7, 11) is 0. The number of Topliss-reactive ketones (excluding diaryl/α,β-unsaturated/α-hetero) is 2. The van der Waals surface area contributed by atoms with Crippen molar-refractivity contribution >= 4 is 11.6 Å². The number of hydrogen-bond donors (Lipinski definition) is 0. The van der Waals surface area contributed by atoms with Crippen molar-refractivity contribution in [3.05, 3.63) is 46.5 Å². The van der Waals surface area contributed by atoms with Crippen LogP contribution in [0.3, 0.4) is 0 Å². The maximum absolute atomic E-state index is 12.5. The lowest BCUT2D eigenvalue weighted by Crippen LogP contribution is -2.31. The zero-order valence-corrected chi connectivity index (χ0v) is 10.7. The molecule has 2 heteroatoms. The molecule has 1 aromatic rings. The fourth-order valence-electron chi connectivity index (χ4n) is 3.08. The van der Waals surface area contributed by atoms with E-state index in [9.17, 15) is 9.59 Å². The Kier molecular flexibility index (Phi) is 2.47. The van der Waals surface area contributed by atoms with Gasteiger partial charge >= 0.3 is 0 Å². The van der Waals surface area contributed by atoms with Crippen molar-refractivity contribution in [1.29, 1.82) is 0 Å². The fourth-order valence-corrected chi connectivity index (χ4v) is 3.08. The van der Waals surface area contributed by atoms with Crippen molar-refractivity contribution < 1.29 is 9.59 Å². The van der Waals surface area contributed by atoms with Crippen LogP contribution in [0, 0.1) is 11.8 Å². The highest BCUT2D eigenvalue weighted by atomic mass is 16.1. The molecule has 0 fully saturated rings. The molecule has 0 bridgehead atoms. The molecule has 2 unspecified atom stereocenters. The second-order valence-corrected chi connectivity index (χ2v) is 5.40. The summed E-state index contributed by atoms with van der Waals surface area (Å²) < 4.78 is 0. The highest BCUT2D eigenvalue weighted by molar-refractivity contribution is 6.27. The van der Waals surface area contributed by atoms with E-state index in [0.29, 0.717) is 17.0 Å². The van der Waals surface area contributed by atoms with E-state index in [2.05, 4.69) is 13.8 Å². The predicted octanol–water partition coefficient (Wildman–Crippen LogP) is 3.43. The van der Waals surface area contributed by atoms with Gasteiger partial charge in [0.2, 0.25) is 0 Å². The molecule has 0 saturated heterocycles. The Morgan fingerprint density at radius 2 is 1.61 bits per heavy atom. The van der Waals surface area contributed by atoms with Crippen molar-refractivity contribution in [2.75, 3.05) is 0 Å². The van der Waals surface area contributed by atoms with Gasteiger partial charge in [0.05, 0.1) is 0 Å². The van der Waals surface area contributed by atoms with Gasteiger partial charge in [-0.1, -0.05) is 38.1 Å². The van der Waals surface area contributed by atoms with Gasteiger partial charge in [-0.05, 0) is 24.7 Å². The SMILES string of the molecule is CC1CCC2=C(C(=O)c3ccccc3C2=O)C1C. The number of carbonyl (C=O) groups excluding carboxylic acids is 2. The second-order valence-electron chi connectivity index (χ2n) is 5.40. The fraction of sp³-hybridized carbons (Fsp3) is 0.375. The third-order valence-corrected chi connectivity index (χ3v) is 4.42. The molecule has 0 amide bonds. The highest BCUT2D eigenvalue weighted by Gasteiger charge is 2.38. The average Bonchev–Trinajstić information content (AvgIpc) is 2.39. The maximum atomic E-state index is 12.5. The third kappa shape index (κ3) is 1.41. The molecule has 0 aromatic heterocycles. The lowest BCUT2D eigenvalue weighted by atomic mass is 9.69. The molecule has 92 valence electrons. The zero-order valence-electron chi connectivity index (χ0n) is 10.7. The summed E-state index contributed by atoms with van der Waals surface area (Å²) in [4.78, 5) is 25.0. The van der Waals surface area contributed by atoms with E-state index in [0.717, 1.165) is 24.0 Å². The van der Waals surface area contributed by atoms with Crippen LogP contribution in [0.4, 0.5) is 0 Å². The van der Waals surface area contributed by atoms with Crippen LogP contribution >= 0.6 is 0 Å². The van der Waals surface area contributed by atoms with Gasteiger partial charge in [-0.15, -0.1) is 0 Å². The minimum absolute atomic E-state index is 0.0685. The van der Waals surface area contributed by atoms with E-state index in [4.69, 9.17) is 0 Å². The van der Waals surface area contributed by atoms with Crippen LogP contribution in [0.5, 0.6) is 0 Å². The van der Waals surface area contributed by atoms with Crippen molar-refractivity contribution in [3.63, 3.8) is 0 Å². The molecule has 2 nitrogen and oxygen atoms in total. The number of fused-ring (bicyclic) bond motifs is 1. The molecule has 0 N–H and O–H groups in total. The topological polar surface area (TPSA) is 34.1 Å². The van der Waals surface area contributed by atoms with Crippen LogP contribution in [0.15, 0.2) is 35.4 Å². The van der Waals surface area contributed by atoms with Crippen molar-refractivity contribution in [1.82, 2.24) is 0 Å².